The van der Waals surface area contributed by atoms with E-state index < -0.39 is 21.2 Å². The van der Waals surface area contributed by atoms with E-state index in [0.717, 1.165) is 49.4 Å². The number of fused-ring (bicyclic) bond motifs is 4. The highest BCUT2D eigenvalue weighted by Crippen LogP contribution is 2.47. The number of amides is 2. The highest BCUT2D eigenvalue weighted by atomic mass is 35.5. The third-order valence-corrected chi connectivity index (χ3v) is 13.7. The van der Waals surface area contributed by atoms with E-state index in [-0.39, 0.29) is 35.0 Å². The summed E-state index contributed by atoms with van der Waals surface area (Å²) in [6, 6.07) is 11.4. The van der Waals surface area contributed by atoms with Crippen molar-refractivity contribution in [2.24, 2.45) is 17.8 Å². The van der Waals surface area contributed by atoms with Crippen molar-refractivity contribution < 1.29 is 32.2 Å². The number of benzene rings is 2. The van der Waals surface area contributed by atoms with Crippen LogP contribution in [0.2, 0.25) is 5.02 Å². The average molecular weight is 712 g/mol. The number of hydrogen-bond acceptors (Lipinski definition) is 8. The molecule has 2 aromatic rings. The minimum atomic E-state index is -3.96. The van der Waals surface area contributed by atoms with Crippen molar-refractivity contribution in [2.75, 3.05) is 50.9 Å². The summed E-state index contributed by atoms with van der Waals surface area (Å²) in [6.45, 7) is 7.23. The van der Waals surface area contributed by atoms with Crippen molar-refractivity contribution in [3.8, 4) is 5.75 Å². The summed E-state index contributed by atoms with van der Waals surface area (Å²) in [4.78, 5) is 29.6. The van der Waals surface area contributed by atoms with E-state index in [1.54, 1.807) is 30.0 Å². The molecule has 0 unspecified atom stereocenters. The van der Waals surface area contributed by atoms with Crippen molar-refractivity contribution in [3.63, 3.8) is 0 Å². The number of sulfonamides is 1. The van der Waals surface area contributed by atoms with Crippen LogP contribution >= 0.6 is 11.6 Å². The minimum Gasteiger partial charge on any atom is -0.490 e. The van der Waals surface area contributed by atoms with Crippen LogP contribution in [-0.4, -0.2) is 82.7 Å². The number of anilines is 1. The Morgan fingerprint density at radius 2 is 1.96 bits per heavy atom. The predicted molar refractivity (Wildman–Crippen MR) is 188 cm³/mol. The van der Waals surface area contributed by atoms with E-state index in [4.69, 9.17) is 25.8 Å². The number of ether oxygens (including phenoxy) is 3. The summed E-state index contributed by atoms with van der Waals surface area (Å²) >= 11 is 6.44. The van der Waals surface area contributed by atoms with Gasteiger partial charge in [0.25, 0.3) is 5.91 Å². The summed E-state index contributed by atoms with van der Waals surface area (Å²) in [6.07, 6.45) is 9.09. The van der Waals surface area contributed by atoms with Crippen molar-refractivity contribution >= 4 is 39.3 Å². The second kappa shape index (κ2) is 13.8. The number of rotatable bonds is 4. The first-order valence-corrected chi connectivity index (χ1v) is 19.5. The van der Waals surface area contributed by atoms with Crippen LogP contribution in [0.5, 0.6) is 5.75 Å². The van der Waals surface area contributed by atoms with Gasteiger partial charge in [-0.3, -0.25) is 4.79 Å². The Hall–Kier alpha value is -3.28. The van der Waals surface area contributed by atoms with Gasteiger partial charge in [0.1, 0.15) is 12.4 Å². The van der Waals surface area contributed by atoms with E-state index in [9.17, 15) is 18.0 Å². The third kappa shape index (κ3) is 6.90. The molecule has 1 spiro atoms. The van der Waals surface area contributed by atoms with Gasteiger partial charge in [0.2, 0.25) is 10.0 Å². The molecule has 2 aromatic carbocycles. The molecule has 6 atom stereocenters. The molecule has 1 saturated carbocycles. The lowest BCUT2D eigenvalue weighted by Gasteiger charge is -2.46. The first kappa shape index (κ1) is 34.2. The molecule has 7 rings (SSSR count). The van der Waals surface area contributed by atoms with Crippen molar-refractivity contribution in [1.29, 1.82) is 0 Å². The maximum absolute atomic E-state index is 13.5. The van der Waals surface area contributed by atoms with Crippen LogP contribution in [0.1, 0.15) is 67.4 Å². The maximum atomic E-state index is 13.5. The quantitative estimate of drug-likeness (QED) is 0.401. The molecular formula is C37H46ClN3O7S. The Morgan fingerprint density at radius 1 is 1.10 bits per heavy atom. The molecule has 49 heavy (non-hydrogen) atoms. The summed E-state index contributed by atoms with van der Waals surface area (Å²) in [5, 5.41) is -0.0719. The molecule has 2 fully saturated rings. The fraction of sp³-hybridized carbons (Fsp3) is 0.568. The molecule has 1 saturated heterocycles. The first-order chi connectivity index (χ1) is 23.5. The standard InChI is InChI=1S/C37H46ClN3O7S/c1-24-5-3-7-33(46-17-15-40-16-18-47-36(40)43)30-11-8-28(30)21-41-22-37(14-4-6-26-19-29(38)10-12-31(26)37)23-48-34-13-9-27(20-32(34)41)35(42)39-49(44,45)25(24)2/h3,7,9-10,12-13,19-20,24-25,28,30,33H,4-6,8,11,14-18,21-23H2,1-2H3,(H,39,42)/b7-3+/t24-,25+,28-,30+,33-,37-/m0/s1. The van der Waals surface area contributed by atoms with Gasteiger partial charge >= 0.3 is 6.09 Å². The number of hydrogen-bond donors (Lipinski definition) is 1. The predicted octanol–water partition coefficient (Wildman–Crippen LogP) is 5.72. The largest absolute Gasteiger partial charge is 0.490 e. The van der Waals surface area contributed by atoms with E-state index in [1.165, 1.54) is 11.1 Å². The average Bonchev–Trinajstić information content (AvgIpc) is 3.40. The van der Waals surface area contributed by atoms with Gasteiger partial charge in [-0.25, -0.2) is 17.9 Å². The smallest absolute Gasteiger partial charge is 0.410 e. The second-order valence-corrected chi connectivity index (χ2v) is 17.0. The molecule has 3 aliphatic heterocycles. The van der Waals surface area contributed by atoms with Crippen LogP contribution in [0.15, 0.2) is 48.6 Å². The molecule has 2 bridgehead atoms. The Balaban J connectivity index is 1.24. The van der Waals surface area contributed by atoms with Gasteiger partial charge in [0.05, 0.1) is 36.8 Å². The summed E-state index contributed by atoms with van der Waals surface area (Å²) in [5.74, 6) is 0.343. The van der Waals surface area contributed by atoms with E-state index >= 15 is 0 Å². The molecule has 1 N–H and O–H groups in total. The third-order valence-electron chi connectivity index (χ3n) is 11.5. The van der Waals surface area contributed by atoms with Crippen molar-refractivity contribution in [2.45, 2.75) is 69.1 Å². The van der Waals surface area contributed by atoms with Crippen LogP contribution in [0.25, 0.3) is 0 Å². The van der Waals surface area contributed by atoms with Gasteiger partial charge in [-0.1, -0.05) is 36.7 Å². The minimum absolute atomic E-state index is 0.190. The molecule has 3 heterocycles. The van der Waals surface area contributed by atoms with E-state index in [0.29, 0.717) is 57.5 Å². The van der Waals surface area contributed by atoms with E-state index in [1.807, 2.05) is 19.1 Å². The number of carbonyl (C=O) groups excluding carboxylic acids is 2. The summed E-state index contributed by atoms with van der Waals surface area (Å²) in [7, 11) is -3.96. The van der Waals surface area contributed by atoms with Gasteiger partial charge in [0.15, 0.2) is 0 Å². The molecule has 0 radical (unpaired) electrons. The van der Waals surface area contributed by atoms with Gasteiger partial charge in [-0.05, 0) is 105 Å². The topological polar surface area (TPSA) is 114 Å². The molecule has 264 valence electrons. The molecule has 12 heteroatoms. The molecule has 10 nitrogen and oxygen atoms in total. The van der Waals surface area contributed by atoms with Crippen molar-refractivity contribution in [1.82, 2.24) is 9.62 Å². The Bertz CT molecular complexity index is 1730. The first-order valence-electron chi connectivity index (χ1n) is 17.6. The van der Waals surface area contributed by atoms with Gasteiger partial charge < -0.3 is 24.0 Å². The zero-order valence-electron chi connectivity index (χ0n) is 28.2. The van der Waals surface area contributed by atoms with Crippen LogP contribution in [-0.2, 0) is 31.3 Å². The summed E-state index contributed by atoms with van der Waals surface area (Å²) in [5.41, 5.74) is 3.29. The number of nitrogens with one attached hydrogen (secondary N) is 1. The molecule has 2 amide bonds. The highest BCUT2D eigenvalue weighted by molar-refractivity contribution is 7.90. The lowest BCUT2D eigenvalue weighted by Crippen LogP contribution is -2.50. The Kier molecular flexibility index (Phi) is 9.62. The van der Waals surface area contributed by atoms with Crippen LogP contribution in [0.3, 0.4) is 0 Å². The number of allylic oxidation sites excluding steroid dienone is 1. The normalized spacial score (nSPS) is 31.8. The van der Waals surface area contributed by atoms with Crippen molar-refractivity contribution in [3.05, 3.63) is 70.3 Å². The highest BCUT2D eigenvalue weighted by Gasteiger charge is 2.45. The Labute approximate surface area is 294 Å². The summed E-state index contributed by atoms with van der Waals surface area (Å²) < 4.78 is 47.4. The zero-order valence-corrected chi connectivity index (χ0v) is 29.8. The fourth-order valence-corrected chi connectivity index (χ4v) is 9.73. The van der Waals surface area contributed by atoms with Gasteiger partial charge in [-0.2, -0.15) is 0 Å². The van der Waals surface area contributed by atoms with Crippen LogP contribution < -0.4 is 14.4 Å². The number of aryl methyl sites for hydroxylation is 1. The number of carbonyl (C=O) groups is 2. The number of halogens is 1. The Morgan fingerprint density at radius 3 is 2.73 bits per heavy atom. The molecule has 2 aliphatic carbocycles. The second-order valence-electron chi connectivity index (χ2n) is 14.5. The fourth-order valence-electron chi connectivity index (χ4n) is 8.25. The lowest BCUT2D eigenvalue weighted by molar-refractivity contribution is -0.0178. The molecule has 0 aromatic heterocycles. The zero-order chi connectivity index (χ0) is 34.3. The molecular weight excluding hydrogens is 666 g/mol. The maximum Gasteiger partial charge on any atom is 0.410 e. The van der Waals surface area contributed by atoms with Gasteiger partial charge in [0, 0.05) is 35.6 Å². The number of cyclic esters (lactones) is 1. The molecule has 5 aliphatic rings. The SMILES string of the molecule is C[C@@H]1[C@@H](C)C/C=C/[C@H](OCCN2CCOC2=O)[C@@H]2CC[C@H]2CN2C[C@@]3(CCCc4cc(Cl)ccc43)COc3ccc(cc32)C(=O)NS1(=O)=O. The monoisotopic (exact) mass is 711 g/mol. The lowest BCUT2D eigenvalue weighted by atomic mass is 9.68. The van der Waals surface area contributed by atoms with Crippen LogP contribution in [0.4, 0.5) is 10.5 Å². The van der Waals surface area contributed by atoms with Gasteiger partial charge in [-0.15, -0.1) is 0 Å². The number of nitrogens with zero attached hydrogens (tertiary/aromatic N) is 2. The van der Waals surface area contributed by atoms with Crippen LogP contribution in [0, 0.1) is 17.8 Å². The van der Waals surface area contributed by atoms with E-state index in [2.05, 4.69) is 27.8 Å².